The Morgan fingerprint density at radius 3 is 2.26 bits per heavy atom. The van der Waals surface area contributed by atoms with Gasteiger partial charge < -0.3 is 15.2 Å². The third-order valence-electron chi connectivity index (χ3n) is 5.65. The highest BCUT2D eigenvalue weighted by molar-refractivity contribution is 6.33. The largest absolute Gasteiger partial charge is 0.479 e. The Bertz CT molecular complexity index is 1260. The molecule has 0 amide bonds. The highest BCUT2D eigenvalue weighted by Gasteiger charge is 2.53. The molecule has 0 aliphatic rings. The summed E-state index contributed by atoms with van der Waals surface area (Å²) in [5, 5.41) is 22.4. The maximum atomic E-state index is 13.0. The molecule has 9 heteroatoms. The highest BCUT2D eigenvalue weighted by atomic mass is 35.5. The molecule has 3 aromatic carbocycles. The number of anilines is 1. The summed E-state index contributed by atoms with van der Waals surface area (Å²) in [4.78, 5) is 12.4. The van der Waals surface area contributed by atoms with Crippen LogP contribution in [0.4, 0.5) is 18.9 Å². The molecule has 0 bridgehead atoms. The van der Waals surface area contributed by atoms with Crippen LogP contribution in [0.5, 0.6) is 11.5 Å². The van der Waals surface area contributed by atoms with Crippen molar-refractivity contribution in [2.75, 3.05) is 5.32 Å². The Balaban J connectivity index is 1.92. The Morgan fingerprint density at radius 2 is 1.69 bits per heavy atom. The van der Waals surface area contributed by atoms with Crippen LogP contribution in [-0.4, -0.2) is 16.6 Å². The van der Waals surface area contributed by atoms with Gasteiger partial charge in [-0.15, -0.1) is 0 Å². The number of halogens is 4. The maximum absolute atomic E-state index is 13.0. The summed E-state index contributed by atoms with van der Waals surface area (Å²) in [6.07, 6.45) is -4.49. The van der Waals surface area contributed by atoms with Gasteiger partial charge in [0, 0.05) is 5.41 Å². The van der Waals surface area contributed by atoms with E-state index in [-0.39, 0.29) is 17.1 Å². The monoisotopic (exact) mass is 502 g/mol. The van der Waals surface area contributed by atoms with Gasteiger partial charge in [0.05, 0.1) is 16.3 Å². The zero-order valence-electron chi connectivity index (χ0n) is 18.9. The summed E-state index contributed by atoms with van der Waals surface area (Å²) in [6.45, 7) is 3.17. The molecule has 0 aliphatic heterocycles. The molecular formula is C26H22ClF3N2O3. The number of nitriles is 1. The van der Waals surface area contributed by atoms with Crippen molar-refractivity contribution in [3.63, 3.8) is 0 Å². The van der Waals surface area contributed by atoms with E-state index in [0.29, 0.717) is 23.1 Å². The van der Waals surface area contributed by atoms with Gasteiger partial charge in [0.15, 0.2) is 0 Å². The standard InChI is InChI=1S/C26H22ClF3N2O3/c1-24(2,15-17-7-6-10-20(13-17)35-19-8-4-3-5-9-19)25(16-31,23(33)34)32-22-12-11-18(14-21(22)27)26(28,29)30/h3-14,32H,15H2,1-2H3,(H,33,34)/t25-/m1/s1. The van der Waals surface area contributed by atoms with Gasteiger partial charge in [0.25, 0.3) is 0 Å². The van der Waals surface area contributed by atoms with Gasteiger partial charge >= 0.3 is 12.1 Å². The summed E-state index contributed by atoms with van der Waals surface area (Å²) < 4.78 is 44.8. The SMILES string of the molecule is CC(C)(Cc1cccc(Oc2ccccc2)c1)[C@](C#N)(Nc1ccc(C(F)(F)F)cc1Cl)C(=O)O. The van der Waals surface area contributed by atoms with Gasteiger partial charge in [0.1, 0.15) is 17.6 Å². The van der Waals surface area contributed by atoms with Gasteiger partial charge in [-0.3, -0.25) is 0 Å². The third kappa shape index (κ3) is 5.69. The summed E-state index contributed by atoms with van der Waals surface area (Å²) in [5.41, 5.74) is -3.85. The molecule has 0 saturated heterocycles. The number of rotatable bonds is 8. The van der Waals surface area contributed by atoms with Crippen LogP contribution in [0.2, 0.25) is 5.02 Å². The van der Waals surface area contributed by atoms with Crippen LogP contribution in [0.15, 0.2) is 72.8 Å². The molecule has 0 radical (unpaired) electrons. The molecule has 182 valence electrons. The molecule has 0 aromatic heterocycles. The lowest BCUT2D eigenvalue weighted by atomic mass is 9.69. The van der Waals surface area contributed by atoms with E-state index in [1.165, 1.54) is 0 Å². The minimum atomic E-state index is -4.62. The van der Waals surface area contributed by atoms with Crippen molar-refractivity contribution in [1.82, 2.24) is 0 Å². The first-order chi connectivity index (χ1) is 16.4. The lowest BCUT2D eigenvalue weighted by Gasteiger charge is -2.39. The fourth-order valence-corrected chi connectivity index (χ4v) is 3.95. The van der Waals surface area contributed by atoms with Crippen molar-refractivity contribution in [3.8, 4) is 17.6 Å². The van der Waals surface area contributed by atoms with Crippen LogP contribution in [-0.2, 0) is 17.4 Å². The Kier molecular flexibility index (Phi) is 7.32. The van der Waals surface area contributed by atoms with E-state index in [4.69, 9.17) is 16.3 Å². The number of nitrogens with zero attached hydrogens (tertiary/aromatic N) is 1. The summed E-state index contributed by atoms with van der Waals surface area (Å²) in [7, 11) is 0. The second-order valence-corrected chi connectivity index (χ2v) is 9.01. The predicted molar refractivity (Wildman–Crippen MR) is 126 cm³/mol. The molecule has 0 heterocycles. The molecule has 0 spiro atoms. The molecule has 3 rings (SSSR count). The zero-order valence-corrected chi connectivity index (χ0v) is 19.6. The summed E-state index contributed by atoms with van der Waals surface area (Å²) in [6, 6.07) is 20.4. The Hall–Kier alpha value is -3.70. The molecule has 35 heavy (non-hydrogen) atoms. The van der Waals surface area contributed by atoms with Crippen molar-refractivity contribution < 1.29 is 27.8 Å². The summed E-state index contributed by atoms with van der Waals surface area (Å²) >= 11 is 6.03. The number of alkyl halides is 3. The van der Waals surface area contributed by atoms with Crippen LogP contribution < -0.4 is 10.1 Å². The number of hydrogen-bond donors (Lipinski definition) is 2. The molecule has 0 aliphatic carbocycles. The zero-order chi connectivity index (χ0) is 25.9. The molecule has 0 saturated carbocycles. The normalized spacial score (nSPS) is 13.4. The predicted octanol–water partition coefficient (Wildman–Crippen LogP) is 7.18. The van der Waals surface area contributed by atoms with E-state index in [9.17, 15) is 28.3 Å². The Morgan fingerprint density at radius 1 is 1.03 bits per heavy atom. The Labute approximate surface area is 205 Å². The molecular weight excluding hydrogens is 481 g/mol. The van der Waals surface area contributed by atoms with Crippen LogP contribution in [0.3, 0.4) is 0 Å². The number of carboxylic acid groups (broad SMARTS) is 1. The van der Waals surface area contributed by atoms with E-state index >= 15 is 0 Å². The minimum Gasteiger partial charge on any atom is -0.479 e. The average molecular weight is 503 g/mol. The highest BCUT2D eigenvalue weighted by Crippen LogP contribution is 2.41. The second-order valence-electron chi connectivity index (χ2n) is 8.61. The number of carbonyl (C=O) groups is 1. The number of aliphatic carboxylic acids is 1. The van der Waals surface area contributed by atoms with E-state index in [1.54, 1.807) is 50.2 Å². The lowest BCUT2D eigenvalue weighted by molar-refractivity contribution is -0.144. The molecule has 1 atom stereocenters. The number of benzene rings is 3. The first-order valence-corrected chi connectivity index (χ1v) is 10.9. The van der Waals surface area contributed by atoms with Crippen molar-refractivity contribution in [1.29, 1.82) is 5.26 Å². The fraction of sp³-hybridized carbons (Fsp3) is 0.231. The smallest absolute Gasteiger partial charge is 0.416 e. The third-order valence-corrected chi connectivity index (χ3v) is 5.96. The van der Waals surface area contributed by atoms with Crippen LogP contribution in [0.1, 0.15) is 25.0 Å². The first kappa shape index (κ1) is 25.9. The van der Waals surface area contributed by atoms with Crippen molar-refractivity contribution >= 4 is 23.3 Å². The van der Waals surface area contributed by atoms with Crippen molar-refractivity contribution in [2.24, 2.45) is 5.41 Å². The molecule has 2 N–H and O–H groups in total. The molecule has 5 nitrogen and oxygen atoms in total. The van der Waals surface area contributed by atoms with Crippen LogP contribution in [0.25, 0.3) is 0 Å². The number of nitrogens with one attached hydrogen (secondary N) is 1. The van der Waals surface area contributed by atoms with E-state index in [0.717, 1.165) is 12.1 Å². The lowest BCUT2D eigenvalue weighted by Crippen LogP contribution is -2.57. The fourth-order valence-electron chi connectivity index (χ4n) is 3.72. The number of carboxylic acids is 1. The molecule has 0 fully saturated rings. The van der Waals surface area contributed by atoms with Crippen molar-refractivity contribution in [2.45, 2.75) is 32.0 Å². The molecule has 0 unspecified atom stereocenters. The van der Waals surface area contributed by atoms with Gasteiger partial charge in [-0.25, -0.2) is 4.79 Å². The quantitative estimate of drug-likeness (QED) is 0.341. The average Bonchev–Trinajstić information content (AvgIpc) is 2.78. The topological polar surface area (TPSA) is 82.3 Å². The van der Waals surface area contributed by atoms with E-state index < -0.39 is 28.7 Å². The van der Waals surface area contributed by atoms with Gasteiger partial charge in [-0.2, -0.15) is 18.4 Å². The van der Waals surface area contributed by atoms with E-state index in [2.05, 4.69) is 5.32 Å². The van der Waals surface area contributed by atoms with Crippen molar-refractivity contribution in [3.05, 3.63) is 88.9 Å². The second kappa shape index (κ2) is 9.88. The molecule has 3 aromatic rings. The van der Waals surface area contributed by atoms with Gasteiger partial charge in [-0.05, 0) is 54.4 Å². The van der Waals surface area contributed by atoms with Crippen LogP contribution >= 0.6 is 11.6 Å². The first-order valence-electron chi connectivity index (χ1n) is 10.5. The number of para-hydroxylation sites is 1. The summed E-state index contributed by atoms with van der Waals surface area (Å²) in [5.74, 6) is -0.335. The minimum absolute atomic E-state index is 0.0992. The number of ether oxygens (including phenoxy) is 1. The van der Waals surface area contributed by atoms with E-state index in [1.807, 2.05) is 24.3 Å². The van der Waals surface area contributed by atoms with Gasteiger partial charge in [-0.1, -0.05) is 55.8 Å². The maximum Gasteiger partial charge on any atom is 0.416 e. The number of hydrogen-bond acceptors (Lipinski definition) is 4. The van der Waals surface area contributed by atoms with Crippen LogP contribution in [0, 0.1) is 16.7 Å². The van der Waals surface area contributed by atoms with Gasteiger partial charge in [0.2, 0.25) is 5.54 Å².